The molecule has 0 fully saturated rings. The van der Waals surface area contributed by atoms with Crippen LogP contribution in [0.1, 0.15) is 245 Å². The molecule has 0 saturated carbocycles. The van der Waals surface area contributed by atoms with Crippen molar-refractivity contribution < 1.29 is 37.9 Å². The summed E-state index contributed by atoms with van der Waals surface area (Å²) in [6.45, 7) is 3.55. The van der Waals surface area contributed by atoms with Crippen molar-refractivity contribution in [2.75, 3.05) is 26.4 Å². The Kier molecular flexibility index (Phi) is 46.3. The predicted octanol–water partition coefficient (Wildman–Crippen LogP) is 14.9. The minimum Gasteiger partial charge on any atom is -0.463 e. The second kappa shape index (κ2) is 47.7. The van der Waals surface area contributed by atoms with Gasteiger partial charge in [-0.15, -0.1) is 0 Å². The maximum absolute atomic E-state index is 12.1. The van der Waals surface area contributed by atoms with Gasteiger partial charge in [-0.1, -0.05) is 217 Å². The van der Waals surface area contributed by atoms with Crippen molar-refractivity contribution in [3.63, 3.8) is 0 Å². The van der Waals surface area contributed by atoms with E-state index in [1.54, 1.807) is 0 Å². The van der Waals surface area contributed by atoms with Crippen LogP contribution >= 0.6 is 7.82 Å². The van der Waals surface area contributed by atoms with Gasteiger partial charge in [-0.05, 0) is 51.4 Å². The second-order valence-electron chi connectivity index (χ2n) is 17.1. The second-order valence-corrected chi connectivity index (χ2v) is 18.6. The average molecular weight is 882 g/mol. The van der Waals surface area contributed by atoms with E-state index in [-0.39, 0.29) is 32.1 Å². The highest BCUT2D eigenvalue weighted by molar-refractivity contribution is 7.47. The molecule has 0 rings (SSSR count). The zero-order valence-electron chi connectivity index (χ0n) is 39.6. The normalized spacial score (nSPS) is 13.4. The molecule has 0 aliphatic rings. The summed E-state index contributed by atoms with van der Waals surface area (Å²) in [4.78, 5) is 34.1. The number of hydrogen-bond donors (Lipinski definition) is 3. The standard InChI is InChI=1S/C51H96NO8P/c1-3-5-7-9-11-13-15-17-19-21-23-24-26-27-29-31-33-35-37-39-41-43-50(54)52-45-46-59-61(56,57)60-48-49(53)47-58-51(55)44-42-40-38-36-34-32-30-28-25-22-20-18-16-14-12-10-8-6-4-2/h12,14,18,20,25,28,49,53H,3-11,13,15-17,19,21-24,26-27,29-48H2,1-2H3,(H,52,54)(H,56,57)/b14-12-,20-18-,28-25-. The van der Waals surface area contributed by atoms with Crippen molar-refractivity contribution in [2.24, 2.45) is 0 Å². The van der Waals surface area contributed by atoms with E-state index < -0.39 is 26.5 Å². The van der Waals surface area contributed by atoms with E-state index in [1.165, 1.54) is 154 Å². The van der Waals surface area contributed by atoms with Crippen molar-refractivity contribution in [3.05, 3.63) is 36.5 Å². The molecule has 0 aliphatic heterocycles. The molecule has 0 heterocycles. The first-order valence-electron chi connectivity index (χ1n) is 25.5. The Morgan fingerprint density at radius 1 is 0.508 bits per heavy atom. The Balaban J connectivity index is 3.56. The third-order valence-electron chi connectivity index (χ3n) is 11.1. The summed E-state index contributed by atoms with van der Waals surface area (Å²) in [6.07, 6.45) is 55.1. The van der Waals surface area contributed by atoms with Crippen molar-refractivity contribution in [1.29, 1.82) is 0 Å². The monoisotopic (exact) mass is 882 g/mol. The number of esters is 1. The number of unbranched alkanes of at least 4 members (excludes halogenated alkanes) is 29. The molecule has 10 heteroatoms. The third-order valence-corrected chi connectivity index (χ3v) is 12.1. The highest BCUT2D eigenvalue weighted by atomic mass is 31.2. The number of nitrogens with one attached hydrogen (secondary N) is 1. The molecule has 1 amide bonds. The summed E-state index contributed by atoms with van der Waals surface area (Å²) in [5.41, 5.74) is 0. The summed E-state index contributed by atoms with van der Waals surface area (Å²) in [5.74, 6) is -0.520. The molecule has 0 aromatic rings. The molecule has 61 heavy (non-hydrogen) atoms. The van der Waals surface area contributed by atoms with Gasteiger partial charge in [0.2, 0.25) is 5.91 Å². The molecule has 2 atom stereocenters. The van der Waals surface area contributed by atoms with Crippen LogP contribution in [0.25, 0.3) is 0 Å². The van der Waals surface area contributed by atoms with Crippen LogP contribution in [0.2, 0.25) is 0 Å². The highest BCUT2D eigenvalue weighted by Gasteiger charge is 2.23. The van der Waals surface area contributed by atoms with E-state index in [0.717, 1.165) is 64.2 Å². The van der Waals surface area contributed by atoms with Crippen LogP contribution in [0.15, 0.2) is 36.5 Å². The molecule has 358 valence electrons. The topological polar surface area (TPSA) is 131 Å². The van der Waals surface area contributed by atoms with Gasteiger partial charge in [0.25, 0.3) is 0 Å². The van der Waals surface area contributed by atoms with Crippen LogP contribution in [-0.4, -0.2) is 54.3 Å². The highest BCUT2D eigenvalue weighted by Crippen LogP contribution is 2.42. The number of ether oxygens (including phenoxy) is 1. The predicted molar refractivity (Wildman–Crippen MR) is 257 cm³/mol. The molecular formula is C51H96NO8P. The molecule has 3 N–H and O–H groups in total. The van der Waals surface area contributed by atoms with Crippen LogP contribution in [0.4, 0.5) is 0 Å². The molecular weight excluding hydrogens is 786 g/mol. The lowest BCUT2D eigenvalue weighted by molar-refractivity contribution is -0.147. The van der Waals surface area contributed by atoms with Crippen LogP contribution in [-0.2, 0) is 27.9 Å². The Morgan fingerprint density at radius 2 is 0.885 bits per heavy atom. The quantitative estimate of drug-likeness (QED) is 0.0238. The number of hydrogen-bond acceptors (Lipinski definition) is 7. The van der Waals surface area contributed by atoms with Crippen LogP contribution < -0.4 is 5.32 Å². The fourth-order valence-electron chi connectivity index (χ4n) is 7.21. The largest absolute Gasteiger partial charge is 0.472 e. The molecule has 0 saturated heterocycles. The zero-order chi connectivity index (χ0) is 44.6. The number of phosphoric acid groups is 1. The third kappa shape index (κ3) is 49.1. The van der Waals surface area contributed by atoms with Crippen molar-refractivity contribution in [3.8, 4) is 0 Å². The fourth-order valence-corrected chi connectivity index (χ4v) is 7.97. The van der Waals surface area contributed by atoms with E-state index in [4.69, 9.17) is 13.8 Å². The van der Waals surface area contributed by atoms with E-state index in [0.29, 0.717) is 6.42 Å². The van der Waals surface area contributed by atoms with Gasteiger partial charge in [-0.25, -0.2) is 4.57 Å². The average Bonchev–Trinajstić information content (AvgIpc) is 3.25. The molecule has 0 radical (unpaired) electrons. The molecule has 0 spiro atoms. The van der Waals surface area contributed by atoms with Crippen LogP contribution in [0.5, 0.6) is 0 Å². The van der Waals surface area contributed by atoms with E-state index >= 15 is 0 Å². The molecule has 0 aliphatic carbocycles. The van der Waals surface area contributed by atoms with Gasteiger partial charge in [-0.3, -0.25) is 18.6 Å². The minimum absolute atomic E-state index is 0.0828. The molecule has 0 bridgehead atoms. The van der Waals surface area contributed by atoms with Crippen molar-refractivity contribution in [2.45, 2.75) is 251 Å². The van der Waals surface area contributed by atoms with Gasteiger partial charge in [0.15, 0.2) is 0 Å². The van der Waals surface area contributed by atoms with Gasteiger partial charge in [0.1, 0.15) is 12.7 Å². The van der Waals surface area contributed by atoms with Crippen LogP contribution in [0.3, 0.4) is 0 Å². The number of amides is 1. The number of aliphatic hydroxyl groups is 1. The lowest BCUT2D eigenvalue weighted by atomic mass is 10.0. The lowest BCUT2D eigenvalue weighted by Gasteiger charge is -2.15. The summed E-state index contributed by atoms with van der Waals surface area (Å²) in [5, 5.41) is 12.7. The number of rotatable bonds is 48. The van der Waals surface area contributed by atoms with Gasteiger partial charge in [0.05, 0.1) is 13.2 Å². The van der Waals surface area contributed by atoms with Gasteiger partial charge in [-0.2, -0.15) is 0 Å². The lowest BCUT2D eigenvalue weighted by Crippen LogP contribution is -2.27. The number of aliphatic hydroxyl groups excluding tert-OH is 1. The Hall–Kier alpha value is -1.77. The van der Waals surface area contributed by atoms with Crippen molar-refractivity contribution >= 4 is 19.7 Å². The van der Waals surface area contributed by atoms with Gasteiger partial charge < -0.3 is 20.1 Å². The number of carbonyl (C=O) groups is 2. The maximum Gasteiger partial charge on any atom is 0.472 e. The molecule has 2 unspecified atom stereocenters. The first-order valence-corrected chi connectivity index (χ1v) is 27.0. The van der Waals surface area contributed by atoms with Gasteiger partial charge >= 0.3 is 13.8 Å². The Morgan fingerprint density at radius 3 is 1.36 bits per heavy atom. The smallest absolute Gasteiger partial charge is 0.463 e. The van der Waals surface area contributed by atoms with Crippen LogP contribution in [0, 0.1) is 0 Å². The first kappa shape index (κ1) is 59.2. The molecule has 0 aromatic carbocycles. The summed E-state index contributed by atoms with van der Waals surface area (Å²) in [6, 6.07) is 0. The minimum atomic E-state index is -4.42. The summed E-state index contributed by atoms with van der Waals surface area (Å²) in [7, 11) is -4.42. The Bertz CT molecular complexity index is 1100. The van der Waals surface area contributed by atoms with E-state index in [1.807, 2.05) is 0 Å². The molecule has 0 aromatic heterocycles. The maximum atomic E-state index is 12.1. The van der Waals surface area contributed by atoms with E-state index in [2.05, 4.69) is 55.6 Å². The number of carbonyl (C=O) groups excluding carboxylic acids is 2. The fraction of sp³-hybridized carbons (Fsp3) is 0.843. The molecule has 9 nitrogen and oxygen atoms in total. The SMILES string of the molecule is CCCCC/C=C\C/C=C\C/C=C\CCCCCCCCC(=O)OCC(O)COP(=O)(O)OCCNC(=O)CCCCCCCCCCCCCCCCCCCCCCC. The first-order chi connectivity index (χ1) is 29.8. The zero-order valence-corrected chi connectivity index (χ0v) is 40.5. The van der Waals surface area contributed by atoms with Gasteiger partial charge in [0, 0.05) is 19.4 Å². The summed E-state index contributed by atoms with van der Waals surface area (Å²) >= 11 is 0. The number of phosphoric ester groups is 1. The van der Waals surface area contributed by atoms with E-state index in [9.17, 15) is 24.2 Å². The Labute approximate surface area is 375 Å². The summed E-state index contributed by atoms with van der Waals surface area (Å²) < 4.78 is 27.0. The number of allylic oxidation sites excluding steroid dienone is 6. The van der Waals surface area contributed by atoms with Crippen molar-refractivity contribution in [1.82, 2.24) is 5.32 Å².